The van der Waals surface area contributed by atoms with Gasteiger partial charge in [-0.2, -0.15) is 0 Å². The molecular formula is C23H25ClF3N3O. The maximum Gasteiger partial charge on any atom is 0.248 e. The number of piperidine rings is 1. The molecule has 31 heavy (non-hydrogen) atoms. The molecule has 3 fully saturated rings. The Labute approximate surface area is 184 Å². The molecule has 0 N–H and O–H groups in total. The maximum atomic E-state index is 13.5. The van der Waals surface area contributed by atoms with Crippen LogP contribution in [0.15, 0.2) is 30.6 Å². The average molecular weight is 452 g/mol. The van der Waals surface area contributed by atoms with Gasteiger partial charge in [-0.05, 0) is 62.8 Å². The minimum atomic E-state index is -2.62. The van der Waals surface area contributed by atoms with Crippen LogP contribution < -0.4 is 0 Å². The van der Waals surface area contributed by atoms with Crippen molar-refractivity contribution in [1.82, 2.24) is 14.5 Å². The van der Waals surface area contributed by atoms with E-state index in [1.54, 1.807) is 18.5 Å². The third-order valence-corrected chi connectivity index (χ3v) is 7.65. The second-order valence-corrected chi connectivity index (χ2v) is 9.54. The monoisotopic (exact) mass is 451 g/mol. The van der Waals surface area contributed by atoms with Crippen LogP contribution in [0.5, 0.6) is 0 Å². The van der Waals surface area contributed by atoms with E-state index in [0.29, 0.717) is 10.8 Å². The molecule has 0 radical (unpaired) electrons. The molecule has 8 heteroatoms. The molecule has 1 unspecified atom stereocenters. The molecular weight excluding hydrogens is 427 g/mol. The minimum Gasteiger partial charge on any atom is -0.336 e. The van der Waals surface area contributed by atoms with Crippen LogP contribution in [0.4, 0.5) is 13.2 Å². The van der Waals surface area contributed by atoms with Gasteiger partial charge in [0, 0.05) is 42.4 Å². The first-order valence-corrected chi connectivity index (χ1v) is 11.4. The van der Waals surface area contributed by atoms with E-state index in [4.69, 9.17) is 11.6 Å². The fourth-order valence-electron chi connectivity index (χ4n) is 5.64. The van der Waals surface area contributed by atoms with Crippen molar-refractivity contribution in [2.45, 2.75) is 75.4 Å². The van der Waals surface area contributed by atoms with Crippen molar-refractivity contribution in [3.05, 3.63) is 41.6 Å². The van der Waals surface area contributed by atoms with Crippen LogP contribution in [-0.2, 0) is 4.79 Å². The van der Waals surface area contributed by atoms with Crippen molar-refractivity contribution in [1.29, 1.82) is 0 Å². The van der Waals surface area contributed by atoms with Crippen LogP contribution in [0.25, 0.3) is 11.3 Å². The molecule has 1 aromatic heterocycles. The van der Waals surface area contributed by atoms with E-state index >= 15 is 0 Å². The zero-order valence-electron chi connectivity index (χ0n) is 17.1. The van der Waals surface area contributed by atoms with Crippen LogP contribution in [0.2, 0.25) is 5.15 Å². The number of benzene rings is 1. The van der Waals surface area contributed by atoms with E-state index in [0.717, 1.165) is 31.2 Å². The summed E-state index contributed by atoms with van der Waals surface area (Å²) in [4.78, 5) is 19.6. The molecule has 0 spiro atoms. The zero-order valence-corrected chi connectivity index (χ0v) is 17.9. The molecule has 4 nitrogen and oxygen atoms in total. The van der Waals surface area contributed by atoms with Gasteiger partial charge in [0.2, 0.25) is 11.8 Å². The Kier molecular flexibility index (Phi) is 5.27. The molecule has 2 aromatic rings. The number of aromatic nitrogens is 2. The van der Waals surface area contributed by atoms with Gasteiger partial charge in [-0.1, -0.05) is 11.6 Å². The Balaban J connectivity index is 1.30. The van der Waals surface area contributed by atoms with Gasteiger partial charge >= 0.3 is 0 Å². The number of fused-ring (bicyclic) bond motifs is 2. The molecule has 5 rings (SSSR count). The van der Waals surface area contributed by atoms with Crippen molar-refractivity contribution in [2.24, 2.45) is 5.92 Å². The smallest absolute Gasteiger partial charge is 0.248 e. The maximum absolute atomic E-state index is 13.5. The lowest BCUT2D eigenvalue weighted by Gasteiger charge is -2.42. The fraction of sp³-hybridized carbons (Fsp3) is 0.565. The number of nitrogens with zero attached hydrogens (tertiary/aromatic N) is 3. The summed E-state index contributed by atoms with van der Waals surface area (Å²) in [5, 5.41) is 0.519. The minimum absolute atomic E-state index is 0.0604. The highest BCUT2D eigenvalue weighted by Crippen LogP contribution is 2.45. The molecule has 1 saturated carbocycles. The highest BCUT2D eigenvalue weighted by atomic mass is 35.5. The third kappa shape index (κ3) is 3.86. The Bertz CT molecular complexity index is 953. The zero-order chi connectivity index (χ0) is 21.8. The SMILES string of the molecule is O=C(C1CCC(F)(F)CC1)N1[C@@H]2CC[C@H]1CC(n1cnc(-c3ccc(F)cc3)c1Cl)C2. The van der Waals surface area contributed by atoms with Gasteiger partial charge in [0.15, 0.2) is 0 Å². The van der Waals surface area contributed by atoms with E-state index in [9.17, 15) is 18.0 Å². The van der Waals surface area contributed by atoms with E-state index in [2.05, 4.69) is 4.98 Å². The molecule has 1 amide bonds. The topological polar surface area (TPSA) is 38.1 Å². The average Bonchev–Trinajstić information content (AvgIpc) is 3.25. The number of halogens is 4. The number of carbonyl (C=O) groups excluding carboxylic acids is 1. The van der Waals surface area contributed by atoms with Gasteiger partial charge in [-0.3, -0.25) is 4.79 Å². The molecule has 1 aromatic carbocycles. The molecule has 3 atom stereocenters. The predicted molar refractivity (Wildman–Crippen MR) is 111 cm³/mol. The first-order chi connectivity index (χ1) is 14.8. The molecule has 2 bridgehead atoms. The Morgan fingerprint density at radius 1 is 1.00 bits per heavy atom. The van der Waals surface area contributed by atoms with Crippen molar-refractivity contribution in [3.63, 3.8) is 0 Å². The van der Waals surface area contributed by atoms with E-state index in [1.807, 2.05) is 9.47 Å². The molecule has 3 aliphatic rings. The summed E-state index contributed by atoms with van der Waals surface area (Å²) in [6, 6.07) is 6.45. The number of imidazole rings is 1. The number of carbonyl (C=O) groups is 1. The fourth-order valence-corrected chi connectivity index (χ4v) is 5.97. The molecule has 2 aliphatic heterocycles. The Hall–Kier alpha value is -2.02. The Morgan fingerprint density at radius 3 is 2.23 bits per heavy atom. The second-order valence-electron chi connectivity index (χ2n) is 9.18. The molecule has 166 valence electrons. The summed E-state index contributed by atoms with van der Waals surface area (Å²) in [6.45, 7) is 0. The lowest BCUT2D eigenvalue weighted by atomic mass is 9.84. The summed E-state index contributed by atoms with van der Waals surface area (Å²) < 4.78 is 42.2. The first-order valence-electron chi connectivity index (χ1n) is 11.0. The molecule has 2 saturated heterocycles. The standard InChI is InChI=1S/C23H25ClF3N3O/c24-21-20(14-1-3-16(25)4-2-14)28-13-29(21)19-11-17-5-6-18(12-19)30(17)22(31)15-7-9-23(26,27)10-8-15/h1-4,13,15,17-19H,5-12H2/t17-,18+,19?. The largest absolute Gasteiger partial charge is 0.336 e. The molecule has 1 aliphatic carbocycles. The van der Waals surface area contributed by atoms with Gasteiger partial charge in [0.05, 0.1) is 6.33 Å². The summed E-state index contributed by atoms with van der Waals surface area (Å²) in [7, 11) is 0. The predicted octanol–water partition coefficient (Wildman–Crippen LogP) is 5.86. The van der Waals surface area contributed by atoms with Crippen molar-refractivity contribution >= 4 is 17.5 Å². The Morgan fingerprint density at radius 2 is 1.61 bits per heavy atom. The third-order valence-electron chi connectivity index (χ3n) is 7.27. The van der Waals surface area contributed by atoms with E-state index in [-0.39, 0.29) is 61.5 Å². The lowest BCUT2D eigenvalue weighted by Crippen LogP contribution is -2.50. The van der Waals surface area contributed by atoms with Gasteiger partial charge in [-0.25, -0.2) is 18.2 Å². The number of hydrogen-bond acceptors (Lipinski definition) is 2. The van der Waals surface area contributed by atoms with Gasteiger partial charge in [0.25, 0.3) is 0 Å². The van der Waals surface area contributed by atoms with Gasteiger partial charge in [-0.15, -0.1) is 0 Å². The van der Waals surface area contributed by atoms with Crippen LogP contribution in [0.1, 0.15) is 57.4 Å². The van der Waals surface area contributed by atoms with Crippen molar-refractivity contribution in [3.8, 4) is 11.3 Å². The summed E-state index contributed by atoms with van der Waals surface area (Å²) in [6.07, 6.45) is 5.34. The lowest BCUT2D eigenvalue weighted by molar-refractivity contribution is -0.144. The number of alkyl halides is 2. The highest BCUT2D eigenvalue weighted by molar-refractivity contribution is 6.32. The number of hydrogen-bond donors (Lipinski definition) is 0. The van der Waals surface area contributed by atoms with Crippen molar-refractivity contribution < 1.29 is 18.0 Å². The first kappa shape index (κ1) is 20.9. The summed E-state index contributed by atoms with van der Waals surface area (Å²) >= 11 is 6.65. The van der Waals surface area contributed by atoms with E-state index in [1.165, 1.54) is 12.1 Å². The van der Waals surface area contributed by atoms with Gasteiger partial charge in [0.1, 0.15) is 16.7 Å². The van der Waals surface area contributed by atoms with Crippen LogP contribution in [0, 0.1) is 11.7 Å². The summed E-state index contributed by atoms with van der Waals surface area (Å²) in [5.74, 6) is -3.15. The number of amides is 1. The highest BCUT2D eigenvalue weighted by Gasteiger charge is 2.47. The van der Waals surface area contributed by atoms with Crippen LogP contribution in [0.3, 0.4) is 0 Å². The number of rotatable bonds is 3. The van der Waals surface area contributed by atoms with Gasteiger partial charge < -0.3 is 9.47 Å². The quantitative estimate of drug-likeness (QED) is 0.586. The van der Waals surface area contributed by atoms with Crippen LogP contribution >= 0.6 is 11.6 Å². The van der Waals surface area contributed by atoms with Crippen molar-refractivity contribution in [2.75, 3.05) is 0 Å². The normalized spacial score (nSPS) is 28.1. The van der Waals surface area contributed by atoms with Crippen LogP contribution in [-0.4, -0.2) is 38.4 Å². The summed E-state index contributed by atoms with van der Waals surface area (Å²) in [5.41, 5.74) is 1.38. The van der Waals surface area contributed by atoms with E-state index < -0.39 is 5.92 Å². The molecule has 3 heterocycles. The second kappa shape index (κ2) is 7.84.